The van der Waals surface area contributed by atoms with Gasteiger partial charge in [-0.05, 0) is 24.5 Å². The molecule has 1 aliphatic carbocycles. The maximum absolute atomic E-state index is 12.1. The fraction of sp³-hybridized carbons (Fsp3) is 0.632. The first-order chi connectivity index (χ1) is 11.4. The zero-order valence-electron chi connectivity index (χ0n) is 14.9. The minimum absolute atomic E-state index is 0.127. The van der Waals surface area contributed by atoms with Crippen LogP contribution in [0, 0.1) is 17.2 Å². The minimum Gasteiger partial charge on any atom is -0.340 e. The Morgan fingerprint density at radius 3 is 2.50 bits per heavy atom. The molecule has 0 radical (unpaired) electrons. The van der Waals surface area contributed by atoms with Crippen LogP contribution in [0.15, 0.2) is 12.3 Å². The molecule has 1 aromatic heterocycles. The Labute approximate surface area is 144 Å². The summed E-state index contributed by atoms with van der Waals surface area (Å²) >= 11 is 0. The molecule has 24 heavy (non-hydrogen) atoms. The Kier molecular flexibility index (Phi) is 4.60. The number of pyridine rings is 1. The Hall–Kier alpha value is -1.93. The third-order valence-electron chi connectivity index (χ3n) is 4.79. The van der Waals surface area contributed by atoms with E-state index in [4.69, 9.17) is 0 Å². The second kappa shape index (κ2) is 6.52. The number of hydrogen-bond donors (Lipinski definition) is 0. The number of amides is 1. The first kappa shape index (κ1) is 16.9. The van der Waals surface area contributed by atoms with Crippen LogP contribution in [0.4, 0.5) is 0 Å². The van der Waals surface area contributed by atoms with Crippen molar-refractivity contribution in [3.05, 3.63) is 29.1 Å². The molecule has 5 heteroatoms. The molecule has 5 nitrogen and oxygen atoms in total. The normalized spacial score (nSPS) is 19.2. The molecule has 2 heterocycles. The number of nitrogens with zero attached hydrogens (tertiary/aromatic N) is 4. The molecule has 1 saturated heterocycles. The molecule has 0 N–H and O–H groups in total. The molecule has 1 amide bonds. The standard InChI is InChI=1S/C19H26N4O/c1-19(2,3)17-16(11-20)10-14(12-21-17)13-22-6-8-23(9-7-22)18(24)15-4-5-15/h10,12,15H,4-9,13H2,1-3H3. The number of aromatic nitrogens is 1. The smallest absolute Gasteiger partial charge is 0.225 e. The molecule has 128 valence electrons. The predicted molar refractivity (Wildman–Crippen MR) is 92.2 cm³/mol. The van der Waals surface area contributed by atoms with Crippen molar-refractivity contribution in [2.45, 2.75) is 45.6 Å². The molecule has 3 rings (SSSR count). The highest BCUT2D eigenvalue weighted by atomic mass is 16.2. The van der Waals surface area contributed by atoms with E-state index in [1.54, 1.807) is 0 Å². The number of nitriles is 1. The van der Waals surface area contributed by atoms with Gasteiger partial charge in [-0.3, -0.25) is 14.7 Å². The van der Waals surface area contributed by atoms with Crippen LogP contribution in [0.25, 0.3) is 0 Å². The second-order valence-corrected chi connectivity index (χ2v) is 7.98. The van der Waals surface area contributed by atoms with E-state index in [2.05, 4.69) is 36.7 Å². The highest BCUT2D eigenvalue weighted by Crippen LogP contribution is 2.31. The lowest BCUT2D eigenvalue weighted by Crippen LogP contribution is -2.48. The Morgan fingerprint density at radius 2 is 1.96 bits per heavy atom. The molecule has 1 aromatic rings. The van der Waals surface area contributed by atoms with Gasteiger partial charge in [0.05, 0.1) is 11.3 Å². The third-order valence-corrected chi connectivity index (χ3v) is 4.79. The van der Waals surface area contributed by atoms with Crippen molar-refractivity contribution in [3.8, 4) is 6.07 Å². The molecule has 1 aliphatic heterocycles. The Bertz CT molecular complexity index is 659. The Morgan fingerprint density at radius 1 is 1.29 bits per heavy atom. The minimum atomic E-state index is -0.127. The van der Waals surface area contributed by atoms with Gasteiger partial charge in [-0.15, -0.1) is 0 Å². The number of carbonyl (C=O) groups excluding carboxylic acids is 1. The van der Waals surface area contributed by atoms with Gasteiger partial charge in [0.25, 0.3) is 0 Å². The van der Waals surface area contributed by atoms with Crippen LogP contribution in [-0.2, 0) is 16.8 Å². The first-order valence-electron chi connectivity index (χ1n) is 8.79. The molecular weight excluding hydrogens is 300 g/mol. The zero-order chi connectivity index (χ0) is 17.3. The summed E-state index contributed by atoms with van der Waals surface area (Å²) in [6.07, 6.45) is 4.03. The van der Waals surface area contributed by atoms with Crippen LogP contribution in [-0.4, -0.2) is 46.9 Å². The second-order valence-electron chi connectivity index (χ2n) is 7.98. The van der Waals surface area contributed by atoms with E-state index in [9.17, 15) is 10.1 Å². The van der Waals surface area contributed by atoms with Crippen molar-refractivity contribution in [3.63, 3.8) is 0 Å². The van der Waals surface area contributed by atoms with Gasteiger partial charge in [0.1, 0.15) is 6.07 Å². The highest BCUT2D eigenvalue weighted by molar-refractivity contribution is 5.81. The van der Waals surface area contributed by atoms with Gasteiger partial charge >= 0.3 is 0 Å². The molecule has 0 bridgehead atoms. The van der Waals surface area contributed by atoms with Crippen molar-refractivity contribution in [2.75, 3.05) is 26.2 Å². The molecule has 2 aliphatic rings. The number of rotatable bonds is 3. The summed E-state index contributed by atoms with van der Waals surface area (Å²) in [6.45, 7) is 10.4. The SMILES string of the molecule is CC(C)(C)c1ncc(CN2CCN(C(=O)C3CC3)CC2)cc1C#N. The third kappa shape index (κ3) is 3.76. The fourth-order valence-electron chi connectivity index (χ4n) is 3.25. The van der Waals surface area contributed by atoms with Gasteiger partial charge in [-0.1, -0.05) is 20.8 Å². The van der Waals surface area contributed by atoms with Crippen LogP contribution in [0.3, 0.4) is 0 Å². The molecule has 2 fully saturated rings. The lowest BCUT2D eigenvalue weighted by Gasteiger charge is -2.35. The molecule has 0 spiro atoms. The van der Waals surface area contributed by atoms with Crippen LogP contribution in [0.2, 0.25) is 0 Å². The van der Waals surface area contributed by atoms with Gasteiger partial charge in [-0.2, -0.15) is 5.26 Å². The predicted octanol–water partition coefficient (Wildman–Crippen LogP) is 2.30. The number of piperazine rings is 1. The summed E-state index contributed by atoms with van der Waals surface area (Å²) in [6, 6.07) is 4.25. The van der Waals surface area contributed by atoms with Gasteiger partial charge in [0.15, 0.2) is 0 Å². The molecule has 0 unspecified atom stereocenters. The maximum atomic E-state index is 12.1. The van der Waals surface area contributed by atoms with Crippen LogP contribution < -0.4 is 0 Å². The first-order valence-corrected chi connectivity index (χ1v) is 8.79. The highest BCUT2D eigenvalue weighted by Gasteiger charge is 2.34. The van der Waals surface area contributed by atoms with Crippen LogP contribution in [0.1, 0.15) is 50.4 Å². The largest absolute Gasteiger partial charge is 0.340 e. The fourth-order valence-corrected chi connectivity index (χ4v) is 3.25. The van der Waals surface area contributed by atoms with Crippen molar-refractivity contribution >= 4 is 5.91 Å². The summed E-state index contributed by atoms with van der Waals surface area (Å²) in [5, 5.41) is 9.42. The summed E-state index contributed by atoms with van der Waals surface area (Å²) in [7, 11) is 0. The van der Waals surface area contributed by atoms with E-state index in [1.807, 2.05) is 17.2 Å². The van der Waals surface area contributed by atoms with E-state index in [-0.39, 0.29) is 5.41 Å². The molecule has 0 atom stereocenters. The van der Waals surface area contributed by atoms with Crippen molar-refractivity contribution in [1.29, 1.82) is 5.26 Å². The molecular formula is C19H26N4O. The summed E-state index contributed by atoms with van der Waals surface area (Å²) < 4.78 is 0. The molecule has 1 saturated carbocycles. The average molecular weight is 326 g/mol. The van der Waals surface area contributed by atoms with E-state index in [0.29, 0.717) is 17.4 Å². The zero-order valence-corrected chi connectivity index (χ0v) is 14.9. The van der Waals surface area contributed by atoms with Crippen molar-refractivity contribution < 1.29 is 4.79 Å². The van der Waals surface area contributed by atoms with Gasteiger partial charge in [0.2, 0.25) is 5.91 Å². The van der Waals surface area contributed by atoms with Gasteiger partial charge < -0.3 is 4.90 Å². The lowest BCUT2D eigenvalue weighted by molar-refractivity contribution is -0.134. The molecule has 0 aromatic carbocycles. The van der Waals surface area contributed by atoms with E-state index < -0.39 is 0 Å². The van der Waals surface area contributed by atoms with Gasteiger partial charge in [0, 0.05) is 50.3 Å². The summed E-state index contributed by atoms with van der Waals surface area (Å²) in [5.41, 5.74) is 2.47. The lowest BCUT2D eigenvalue weighted by atomic mass is 9.88. The summed E-state index contributed by atoms with van der Waals surface area (Å²) in [5.74, 6) is 0.654. The van der Waals surface area contributed by atoms with E-state index in [0.717, 1.165) is 56.8 Å². The van der Waals surface area contributed by atoms with Gasteiger partial charge in [-0.25, -0.2) is 0 Å². The van der Waals surface area contributed by atoms with Crippen molar-refractivity contribution in [2.24, 2.45) is 5.92 Å². The number of hydrogen-bond acceptors (Lipinski definition) is 4. The van der Waals surface area contributed by atoms with Crippen LogP contribution >= 0.6 is 0 Å². The maximum Gasteiger partial charge on any atom is 0.225 e. The summed E-state index contributed by atoms with van der Waals surface area (Å²) in [4.78, 5) is 21.0. The Balaban J connectivity index is 1.61. The topological polar surface area (TPSA) is 60.2 Å². The van der Waals surface area contributed by atoms with Crippen molar-refractivity contribution in [1.82, 2.24) is 14.8 Å². The van der Waals surface area contributed by atoms with E-state index >= 15 is 0 Å². The number of carbonyl (C=O) groups is 1. The monoisotopic (exact) mass is 326 g/mol. The average Bonchev–Trinajstić information content (AvgIpc) is 3.38. The quantitative estimate of drug-likeness (QED) is 0.855. The van der Waals surface area contributed by atoms with Crippen LogP contribution in [0.5, 0.6) is 0 Å². The van der Waals surface area contributed by atoms with E-state index in [1.165, 1.54) is 0 Å².